The largest absolute Gasteiger partial charge is 0.465 e. The minimum Gasteiger partial charge on any atom is -0.465 e. The number of methoxy groups -OCH3 is 1. The fraction of sp³-hybridized carbons (Fsp3) is 0.615. The molecule has 0 aliphatic rings. The molecule has 1 aromatic heterocycles. The number of carbonyl (C=O) groups excluding carboxylic acids is 2. The lowest BCUT2D eigenvalue weighted by molar-refractivity contribution is 0.0528. The van der Waals surface area contributed by atoms with E-state index in [1.807, 2.05) is 0 Å². The van der Waals surface area contributed by atoms with E-state index in [4.69, 9.17) is 4.74 Å². The highest BCUT2D eigenvalue weighted by Crippen LogP contribution is 2.10. The lowest BCUT2D eigenvalue weighted by atomic mass is 10.2. The molecule has 0 saturated carbocycles. The van der Waals surface area contributed by atoms with Gasteiger partial charge in [0.15, 0.2) is 0 Å². The molecule has 0 saturated heterocycles. The third-order valence-electron chi connectivity index (χ3n) is 2.50. The summed E-state index contributed by atoms with van der Waals surface area (Å²) >= 11 is 0. The van der Waals surface area contributed by atoms with Crippen LogP contribution < -0.4 is 5.32 Å². The van der Waals surface area contributed by atoms with E-state index in [2.05, 4.69) is 15.2 Å². The quantitative estimate of drug-likeness (QED) is 0.841. The highest BCUT2D eigenvalue weighted by molar-refractivity contribution is 5.90. The molecular formula is C13H21N3O4. The average Bonchev–Trinajstić information content (AvgIpc) is 2.68. The summed E-state index contributed by atoms with van der Waals surface area (Å²) in [5.74, 6) is -0.439. The van der Waals surface area contributed by atoms with Crippen molar-refractivity contribution in [3.8, 4) is 0 Å². The van der Waals surface area contributed by atoms with Gasteiger partial charge in [-0.1, -0.05) is 0 Å². The first-order chi connectivity index (χ1) is 9.24. The first-order valence-corrected chi connectivity index (χ1v) is 6.30. The molecule has 1 rings (SSSR count). The second-order valence-electron chi connectivity index (χ2n) is 5.30. The number of aromatic nitrogens is 2. The van der Waals surface area contributed by atoms with E-state index in [1.54, 1.807) is 32.5 Å². The Kier molecular flexibility index (Phi) is 5.12. The molecule has 7 heteroatoms. The fourth-order valence-corrected chi connectivity index (χ4v) is 1.64. The Morgan fingerprint density at radius 2 is 2.05 bits per heavy atom. The van der Waals surface area contributed by atoms with E-state index in [-0.39, 0.29) is 0 Å². The van der Waals surface area contributed by atoms with Crippen molar-refractivity contribution in [3.05, 3.63) is 17.5 Å². The highest BCUT2D eigenvalue weighted by atomic mass is 16.6. The molecule has 0 atom stereocenters. The van der Waals surface area contributed by atoms with Gasteiger partial charge in [0.05, 0.1) is 19.0 Å². The number of amides is 1. The standard InChI is InChI=1S/C13H21N3O4/c1-13(2,3)20-12(18)14-7-6-10-9(11(17)19-5)8-15-16(10)4/h8H,6-7H2,1-5H3,(H,14,18). The van der Waals surface area contributed by atoms with Gasteiger partial charge in [-0.15, -0.1) is 0 Å². The van der Waals surface area contributed by atoms with Gasteiger partial charge < -0.3 is 14.8 Å². The van der Waals surface area contributed by atoms with Crippen molar-refractivity contribution in [2.75, 3.05) is 13.7 Å². The predicted octanol–water partition coefficient (Wildman–Crippen LogP) is 1.27. The average molecular weight is 283 g/mol. The molecule has 112 valence electrons. The van der Waals surface area contributed by atoms with Gasteiger partial charge in [-0.3, -0.25) is 4.68 Å². The van der Waals surface area contributed by atoms with Gasteiger partial charge in [0, 0.05) is 20.0 Å². The molecule has 0 radical (unpaired) electrons. The number of hydrogen-bond donors (Lipinski definition) is 1. The van der Waals surface area contributed by atoms with Crippen molar-refractivity contribution in [2.45, 2.75) is 32.8 Å². The molecule has 7 nitrogen and oxygen atoms in total. The normalized spacial score (nSPS) is 11.1. The van der Waals surface area contributed by atoms with Gasteiger partial charge in [0.25, 0.3) is 0 Å². The Morgan fingerprint density at radius 1 is 1.40 bits per heavy atom. The van der Waals surface area contributed by atoms with Crippen LogP contribution in [0.3, 0.4) is 0 Å². The topological polar surface area (TPSA) is 82.5 Å². The van der Waals surface area contributed by atoms with Gasteiger partial charge in [0.1, 0.15) is 11.2 Å². The summed E-state index contributed by atoms with van der Waals surface area (Å²) in [6, 6.07) is 0. The molecule has 1 N–H and O–H groups in total. The molecule has 0 bridgehead atoms. The van der Waals surface area contributed by atoms with E-state index >= 15 is 0 Å². The molecule has 1 amide bonds. The van der Waals surface area contributed by atoms with Crippen molar-refractivity contribution in [1.29, 1.82) is 0 Å². The van der Waals surface area contributed by atoms with E-state index in [0.717, 1.165) is 0 Å². The van der Waals surface area contributed by atoms with Crippen LogP contribution in [0, 0.1) is 0 Å². The maximum Gasteiger partial charge on any atom is 0.407 e. The van der Waals surface area contributed by atoms with E-state index in [1.165, 1.54) is 13.3 Å². The van der Waals surface area contributed by atoms with Crippen LogP contribution in [0.15, 0.2) is 6.20 Å². The third kappa shape index (κ3) is 4.56. The molecule has 0 aliphatic carbocycles. The zero-order chi connectivity index (χ0) is 15.3. The van der Waals surface area contributed by atoms with Crippen LogP contribution >= 0.6 is 0 Å². The van der Waals surface area contributed by atoms with Gasteiger partial charge in [-0.25, -0.2) is 9.59 Å². The van der Waals surface area contributed by atoms with Crippen LogP contribution in [0.2, 0.25) is 0 Å². The second kappa shape index (κ2) is 6.40. The van der Waals surface area contributed by atoms with Gasteiger partial charge in [-0.2, -0.15) is 5.10 Å². The Balaban J connectivity index is 2.56. The third-order valence-corrected chi connectivity index (χ3v) is 2.50. The number of hydrogen-bond acceptors (Lipinski definition) is 5. The van der Waals surface area contributed by atoms with Crippen LogP contribution in [-0.4, -0.2) is 41.1 Å². The molecule has 0 aromatic carbocycles. The van der Waals surface area contributed by atoms with E-state index < -0.39 is 17.7 Å². The van der Waals surface area contributed by atoms with Crippen molar-refractivity contribution >= 4 is 12.1 Å². The first-order valence-electron chi connectivity index (χ1n) is 6.30. The van der Waals surface area contributed by atoms with Crippen molar-refractivity contribution < 1.29 is 19.1 Å². The van der Waals surface area contributed by atoms with Gasteiger partial charge >= 0.3 is 12.1 Å². The minimum atomic E-state index is -0.534. The second-order valence-corrected chi connectivity index (χ2v) is 5.30. The first kappa shape index (κ1) is 16.0. The van der Waals surface area contributed by atoms with E-state index in [9.17, 15) is 9.59 Å². The Hall–Kier alpha value is -2.05. The number of rotatable bonds is 4. The zero-order valence-corrected chi connectivity index (χ0v) is 12.5. The lowest BCUT2D eigenvalue weighted by Crippen LogP contribution is -2.33. The summed E-state index contributed by atoms with van der Waals surface area (Å²) in [6.45, 7) is 5.73. The van der Waals surface area contributed by atoms with Crippen molar-refractivity contribution in [3.63, 3.8) is 0 Å². The molecule has 20 heavy (non-hydrogen) atoms. The van der Waals surface area contributed by atoms with Crippen LogP contribution in [0.5, 0.6) is 0 Å². The highest BCUT2D eigenvalue weighted by Gasteiger charge is 2.18. The number of aryl methyl sites for hydroxylation is 1. The fourth-order valence-electron chi connectivity index (χ4n) is 1.64. The number of ether oxygens (including phenoxy) is 2. The molecule has 0 unspecified atom stereocenters. The molecule has 0 fully saturated rings. The van der Waals surface area contributed by atoms with Crippen LogP contribution in [0.1, 0.15) is 36.8 Å². The van der Waals surface area contributed by atoms with Crippen LogP contribution in [-0.2, 0) is 22.9 Å². The Labute approximate surface area is 118 Å². The predicted molar refractivity (Wildman–Crippen MR) is 72.5 cm³/mol. The zero-order valence-electron chi connectivity index (χ0n) is 12.5. The van der Waals surface area contributed by atoms with Gasteiger partial charge in [0.2, 0.25) is 0 Å². The molecular weight excluding hydrogens is 262 g/mol. The van der Waals surface area contributed by atoms with E-state index in [0.29, 0.717) is 24.2 Å². The Morgan fingerprint density at radius 3 is 2.60 bits per heavy atom. The smallest absolute Gasteiger partial charge is 0.407 e. The maximum atomic E-state index is 11.5. The SMILES string of the molecule is COC(=O)c1cnn(C)c1CCNC(=O)OC(C)(C)C. The summed E-state index contributed by atoms with van der Waals surface area (Å²) < 4.78 is 11.4. The summed E-state index contributed by atoms with van der Waals surface area (Å²) in [5, 5.41) is 6.65. The number of esters is 1. The number of carbonyl (C=O) groups is 2. The number of nitrogens with one attached hydrogen (secondary N) is 1. The summed E-state index contributed by atoms with van der Waals surface area (Å²) in [4.78, 5) is 23.0. The molecule has 0 aliphatic heterocycles. The molecule has 0 spiro atoms. The number of nitrogens with zero attached hydrogens (tertiary/aromatic N) is 2. The van der Waals surface area contributed by atoms with Crippen molar-refractivity contribution in [1.82, 2.24) is 15.1 Å². The summed E-state index contributed by atoms with van der Waals surface area (Å²) in [5.41, 5.74) is 0.572. The number of alkyl carbamates (subject to hydrolysis) is 1. The molecule has 1 aromatic rings. The van der Waals surface area contributed by atoms with Gasteiger partial charge in [-0.05, 0) is 20.8 Å². The monoisotopic (exact) mass is 283 g/mol. The minimum absolute atomic E-state index is 0.346. The van der Waals surface area contributed by atoms with Crippen molar-refractivity contribution in [2.24, 2.45) is 7.05 Å². The maximum absolute atomic E-state index is 11.5. The Bertz CT molecular complexity index is 488. The summed E-state index contributed by atoms with van der Waals surface area (Å²) in [7, 11) is 3.05. The lowest BCUT2D eigenvalue weighted by Gasteiger charge is -2.19. The van der Waals surface area contributed by atoms with Crippen LogP contribution in [0.25, 0.3) is 0 Å². The summed E-state index contributed by atoms with van der Waals surface area (Å²) in [6.07, 6.45) is 1.42. The van der Waals surface area contributed by atoms with Crippen LogP contribution in [0.4, 0.5) is 4.79 Å². The molecule has 1 heterocycles.